The van der Waals surface area contributed by atoms with Crippen LogP contribution in [0.5, 0.6) is 11.5 Å². The maximum Gasteiger partial charge on any atom is 1.00 e. The van der Waals surface area contributed by atoms with Gasteiger partial charge >= 0.3 is 29.6 Å². The first-order valence-corrected chi connectivity index (χ1v) is 27.9. The molecule has 0 atom stereocenters. The summed E-state index contributed by atoms with van der Waals surface area (Å²) in [4.78, 5) is 7.03. The third-order valence-electron chi connectivity index (χ3n) is 13.6. The molecule has 2 aliphatic heterocycles. The van der Waals surface area contributed by atoms with Crippen molar-refractivity contribution in [2.24, 2.45) is 0 Å². The molecule has 0 radical (unpaired) electrons. The van der Waals surface area contributed by atoms with E-state index in [2.05, 4.69) is 96.1 Å². The zero-order chi connectivity index (χ0) is 50.1. The van der Waals surface area contributed by atoms with Crippen LogP contribution in [0, 0.1) is 0 Å². The Bertz CT molecular complexity index is 3390. The molecule has 0 unspecified atom stereocenters. The average molecular weight is 1040 g/mol. The number of benzene rings is 4. The van der Waals surface area contributed by atoms with E-state index in [4.69, 9.17) is 14.5 Å². The van der Waals surface area contributed by atoms with Crippen LogP contribution in [-0.2, 0) is 31.1 Å². The molecule has 370 valence electrons. The normalized spacial score (nSPS) is 17.6. The second-order valence-electron chi connectivity index (χ2n) is 19.2. The van der Waals surface area contributed by atoms with Crippen LogP contribution >= 0.6 is 11.3 Å². The number of para-hydroxylation sites is 2. The van der Waals surface area contributed by atoms with E-state index >= 15 is 0 Å². The van der Waals surface area contributed by atoms with E-state index in [0.717, 1.165) is 85.6 Å². The summed E-state index contributed by atoms with van der Waals surface area (Å²) in [5.41, 5.74) is 10.2. The third kappa shape index (κ3) is 11.6. The zero-order valence-electron chi connectivity index (χ0n) is 41.5. The van der Waals surface area contributed by atoms with Crippen LogP contribution in [0.4, 0.5) is 11.4 Å². The minimum Gasteiger partial charge on any atom is -0.748 e. The Labute approximate surface area is 448 Å². The number of methoxy groups -OCH3 is 1. The number of ether oxygens (including phenoxy) is 2. The molecular formula is C54H58N6NaO8S3+. The van der Waals surface area contributed by atoms with Crippen molar-refractivity contribution in [2.75, 3.05) is 36.6 Å². The number of hydrogen-bond acceptors (Lipinski definition) is 12. The van der Waals surface area contributed by atoms with Gasteiger partial charge < -0.3 is 18.9 Å². The summed E-state index contributed by atoms with van der Waals surface area (Å²) in [6.45, 7) is 9.94. The Kier molecular flexibility index (Phi) is 16.0. The summed E-state index contributed by atoms with van der Waals surface area (Å²) in [6.07, 6.45) is 14.6. The topological polar surface area (TPSA) is 180 Å². The largest absolute Gasteiger partial charge is 1.00 e. The Hall–Kier alpha value is -5.24. The molecule has 2 aromatic heterocycles. The average Bonchev–Trinajstić information content (AvgIpc) is 4.09. The van der Waals surface area contributed by atoms with Crippen molar-refractivity contribution in [1.29, 1.82) is 0 Å². The van der Waals surface area contributed by atoms with Gasteiger partial charge in [0.2, 0.25) is 5.69 Å². The van der Waals surface area contributed by atoms with Gasteiger partial charge in [0, 0.05) is 53.2 Å². The fraction of sp³-hybridized carbons (Fsp3) is 0.333. The molecule has 0 saturated carbocycles. The molecule has 1 aliphatic carbocycles. The molecule has 4 aromatic carbocycles. The van der Waals surface area contributed by atoms with E-state index in [9.17, 15) is 25.9 Å². The fourth-order valence-corrected chi connectivity index (χ4v) is 12.1. The number of hydrogen-bond donors (Lipinski definition) is 1. The number of fused-ring (bicyclic) bond motifs is 3. The summed E-state index contributed by atoms with van der Waals surface area (Å²) in [5.74, 6) is 1.47. The minimum absolute atomic E-state index is 0. The van der Waals surface area contributed by atoms with E-state index in [1.165, 1.54) is 22.5 Å². The predicted octanol–water partition coefficient (Wildman–Crippen LogP) is 7.61. The Morgan fingerprint density at radius 3 is 2.31 bits per heavy atom. The molecule has 0 bridgehead atoms. The standard InChI is InChI=1S/C54H58N6O8S3.Na/c1-53(2)42-17-6-8-19-46(42)58(31-10-12-33-70(61,62)63)49(53)29-21-37-15-14-16-38(22-30-50-54(3,4)43-18-7-9-20-47(43)59(50)32-11-13-34-71(64,65)66)51(37)68-40-25-23-39(24-26-40)60-36-45(56-57-60)52-55-44-28-27-41(67-5)35-48(44)69-52;/h6-9,17-30,35-36H,10-16,31-34H2,1-5H3,(H-,61,62,63,64,65,66);/q;+1. The Morgan fingerprint density at radius 1 is 0.833 bits per heavy atom. The predicted molar refractivity (Wildman–Crippen MR) is 279 cm³/mol. The fourth-order valence-electron chi connectivity index (χ4n) is 9.99. The zero-order valence-corrected chi connectivity index (χ0v) is 46.0. The summed E-state index contributed by atoms with van der Waals surface area (Å²) in [5, 5.41) is 9.64. The molecule has 0 spiro atoms. The molecule has 6 aromatic rings. The van der Waals surface area contributed by atoms with Gasteiger partial charge in [0.1, 0.15) is 34.5 Å². The second-order valence-corrected chi connectivity index (χ2v) is 23.3. The first kappa shape index (κ1) is 53.1. The van der Waals surface area contributed by atoms with Crippen molar-refractivity contribution < 1.29 is 69.5 Å². The maximum atomic E-state index is 11.6. The van der Waals surface area contributed by atoms with Crippen LogP contribution in [-0.4, -0.2) is 87.9 Å². The van der Waals surface area contributed by atoms with Crippen LogP contribution in [0.25, 0.3) is 26.6 Å². The van der Waals surface area contributed by atoms with Gasteiger partial charge in [0.05, 0.1) is 50.5 Å². The number of unbranched alkanes of at least 4 members (excludes halogenated alkanes) is 2. The van der Waals surface area contributed by atoms with Crippen LogP contribution < -0.4 is 43.9 Å². The molecule has 0 saturated heterocycles. The van der Waals surface area contributed by atoms with Gasteiger partial charge in [-0.1, -0.05) is 61.5 Å². The summed E-state index contributed by atoms with van der Waals surface area (Å²) in [6, 6.07) is 30.1. The molecule has 0 fully saturated rings. The number of anilines is 1. The van der Waals surface area contributed by atoms with Crippen LogP contribution in [0.1, 0.15) is 83.8 Å². The van der Waals surface area contributed by atoms with Gasteiger partial charge in [0.15, 0.2) is 5.71 Å². The third-order valence-corrected chi connectivity index (χ3v) is 16.3. The van der Waals surface area contributed by atoms with E-state index in [0.29, 0.717) is 43.8 Å². The van der Waals surface area contributed by atoms with Crippen LogP contribution in [0.3, 0.4) is 0 Å². The molecule has 4 heterocycles. The smallest absolute Gasteiger partial charge is 0.748 e. The number of rotatable bonds is 18. The van der Waals surface area contributed by atoms with Crippen molar-refractivity contribution in [1.82, 2.24) is 20.0 Å². The SMILES string of the molecule is COc1ccc2nc(-c3cn(-c4ccc(OC5=C(C=CC6=[N+](CCCCS(=O)(=O)O)c7ccccc7C6(C)C)CCCC5=CC=C5N(CCCCS(=O)(=O)[O-])c6ccccc6C5(C)C)cc4)nn3)sc2c1.[Na+]. The molecule has 18 heteroatoms. The number of nitrogens with zero attached hydrogens (tertiary/aromatic N) is 6. The molecule has 9 rings (SSSR count). The quantitative estimate of drug-likeness (QED) is 0.0386. The van der Waals surface area contributed by atoms with E-state index < -0.39 is 26.0 Å². The summed E-state index contributed by atoms with van der Waals surface area (Å²) >= 11 is 1.53. The molecule has 0 amide bonds. The van der Waals surface area contributed by atoms with Gasteiger partial charge in [-0.15, -0.1) is 16.4 Å². The van der Waals surface area contributed by atoms with Gasteiger partial charge in [-0.05, 0) is 130 Å². The molecule has 3 aliphatic rings. The van der Waals surface area contributed by atoms with Crippen molar-refractivity contribution >= 4 is 58.9 Å². The van der Waals surface area contributed by atoms with E-state index in [1.54, 1.807) is 11.8 Å². The summed E-state index contributed by atoms with van der Waals surface area (Å²) < 4.78 is 84.5. The number of thiazole rings is 1. The minimum atomic E-state index is -4.32. The molecular weight excluding hydrogens is 980 g/mol. The van der Waals surface area contributed by atoms with Gasteiger partial charge in [-0.2, -0.15) is 13.0 Å². The first-order chi connectivity index (χ1) is 33.9. The van der Waals surface area contributed by atoms with Gasteiger partial charge in [-0.3, -0.25) is 4.55 Å². The van der Waals surface area contributed by atoms with Gasteiger partial charge in [0.25, 0.3) is 10.1 Å². The Morgan fingerprint density at radius 2 is 1.56 bits per heavy atom. The van der Waals surface area contributed by atoms with Crippen molar-refractivity contribution in [2.45, 2.75) is 83.5 Å². The van der Waals surface area contributed by atoms with Crippen LogP contribution in [0.15, 0.2) is 144 Å². The Balaban J connectivity index is 0.00000693. The number of aromatic nitrogens is 4. The monoisotopic (exact) mass is 1040 g/mol. The summed E-state index contributed by atoms with van der Waals surface area (Å²) in [7, 11) is -6.74. The van der Waals surface area contributed by atoms with E-state index in [1.807, 2.05) is 72.9 Å². The molecule has 14 nitrogen and oxygen atoms in total. The van der Waals surface area contributed by atoms with E-state index in [-0.39, 0.29) is 52.6 Å². The second kappa shape index (κ2) is 21.7. The molecule has 72 heavy (non-hydrogen) atoms. The molecule has 1 N–H and O–H groups in total. The maximum absolute atomic E-state index is 11.6. The number of allylic oxidation sites excluding steroid dienone is 7. The van der Waals surface area contributed by atoms with Crippen molar-refractivity contribution in [3.05, 3.63) is 155 Å². The van der Waals surface area contributed by atoms with Crippen molar-refractivity contribution in [3.63, 3.8) is 0 Å². The first-order valence-electron chi connectivity index (χ1n) is 23.9. The van der Waals surface area contributed by atoms with Crippen molar-refractivity contribution in [3.8, 4) is 27.9 Å². The van der Waals surface area contributed by atoms with Gasteiger partial charge in [-0.25, -0.2) is 18.1 Å². The van der Waals surface area contributed by atoms with Crippen LogP contribution in [0.2, 0.25) is 0 Å².